The molecule has 0 aliphatic heterocycles. The largest absolute Gasteiger partial charge is 0.472 e. The summed E-state index contributed by atoms with van der Waals surface area (Å²) in [6.07, 6.45) is 40.1. The number of aliphatic hydroxyl groups is 2. The highest BCUT2D eigenvalue weighted by molar-refractivity contribution is 7.47. The molecular formula is C43H87N2O7P. The summed E-state index contributed by atoms with van der Waals surface area (Å²) in [5, 5.41) is 24.0. The van der Waals surface area contributed by atoms with Crippen molar-refractivity contribution in [2.45, 2.75) is 238 Å². The van der Waals surface area contributed by atoms with Crippen LogP contribution in [-0.4, -0.2) is 59.0 Å². The van der Waals surface area contributed by atoms with E-state index >= 15 is 0 Å². The van der Waals surface area contributed by atoms with Crippen LogP contribution in [0.4, 0.5) is 0 Å². The van der Waals surface area contributed by atoms with Gasteiger partial charge in [0.2, 0.25) is 5.91 Å². The molecule has 6 N–H and O–H groups in total. The second-order valence-corrected chi connectivity index (χ2v) is 16.9. The average Bonchev–Trinajstić information content (AvgIpc) is 3.13. The molecule has 0 bridgehead atoms. The van der Waals surface area contributed by atoms with Crippen LogP contribution in [0.15, 0.2) is 12.2 Å². The van der Waals surface area contributed by atoms with Gasteiger partial charge in [-0.3, -0.25) is 13.8 Å². The van der Waals surface area contributed by atoms with Crippen LogP contribution in [-0.2, 0) is 18.4 Å². The van der Waals surface area contributed by atoms with E-state index in [9.17, 15) is 24.5 Å². The van der Waals surface area contributed by atoms with Gasteiger partial charge in [-0.05, 0) is 19.3 Å². The summed E-state index contributed by atoms with van der Waals surface area (Å²) in [6, 6.07) is -0.977. The van der Waals surface area contributed by atoms with Crippen LogP contribution in [0, 0.1) is 0 Å². The molecule has 0 fully saturated rings. The van der Waals surface area contributed by atoms with E-state index in [1.54, 1.807) is 6.08 Å². The Bertz CT molecular complexity index is 862. The predicted octanol–water partition coefficient (Wildman–Crippen LogP) is 11.4. The van der Waals surface area contributed by atoms with Crippen LogP contribution in [0.25, 0.3) is 0 Å². The number of unbranched alkanes of at least 4 members (excludes halogenated alkanes) is 28. The Balaban J connectivity index is 4.26. The van der Waals surface area contributed by atoms with Crippen molar-refractivity contribution in [3.05, 3.63) is 12.2 Å². The number of amides is 1. The van der Waals surface area contributed by atoms with Gasteiger partial charge in [-0.1, -0.05) is 206 Å². The molecule has 316 valence electrons. The number of phosphoric acid groups is 1. The number of nitrogens with one attached hydrogen (secondary N) is 1. The van der Waals surface area contributed by atoms with E-state index in [1.165, 1.54) is 154 Å². The van der Waals surface area contributed by atoms with E-state index in [-0.39, 0.29) is 19.6 Å². The topological polar surface area (TPSA) is 151 Å². The number of phosphoric ester groups is 1. The Morgan fingerprint density at radius 1 is 0.642 bits per heavy atom. The number of nitrogens with two attached hydrogens (primary N) is 1. The maximum atomic E-state index is 12.8. The average molecular weight is 775 g/mol. The van der Waals surface area contributed by atoms with Crippen molar-refractivity contribution in [3.63, 3.8) is 0 Å². The van der Waals surface area contributed by atoms with Crippen molar-refractivity contribution in [2.24, 2.45) is 5.73 Å². The van der Waals surface area contributed by atoms with Crippen LogP contribution in [0.3, 0.4) is 0 Å². The Kier molecular flexibility index (Phi) is 38.8. The molecule has 4 atom stereocenters. The van der Waals surface area contributed by atoms with Gasteiger partial charge in [0, 0.05) is 6.54 Å². The third kappa shape index (κ3) is 37.9. The van der Waals surface area contributed by atoms with Crippen molar-refractivity contribution in [3.8, 4) is 0 Å². The number of hydrogen-bond donors (Lipinski definition) is 5. The normalized spacial score (nSPS) is 14.8. The molecule has 0 aliphatic rings. The quantitative estimate of drug-likeness (QED) is 0.0233. The molecule has 0 heterocycles. The molecule has 0 saturated carbocycles. The van der Waals surface area contributed by atoms with Gasteiger partial charge >= 0.3 is 7.82 Å². The first-order chi connectivity index (χ1) is 25.8. The molecule has 10 heteroatoms. The van der Waals surface area contributed by atoms with E-state index in [2.05, 4.69) is 19.2 Å². The lowest BCUT2D eigenvalue weighted by atomic mass is 10.0. The summed E-state index contributed by atoms with van der Waals surface area (Å²) >= 11 is 0. The molecule has 0 aromatic heterocycles. The first-order valence-electron chi connectivity index (χ1n) is 22.4. The smallest absolute Gasteiger partial charge is 0.393 e. The molecule has 0 rings (SSSR count). The number of rotatable bonds is 42. The minimum atomic E-state index is -4.39. The van der Waals surface area contributed by atoms with Crippen molar-refractivity contribution < 1.29 is 33.5 Å². The Hall–Kier alpha value is -0.800. The molecule has 0 aromatic carbocycles. The fraction of sp³-hybridized carbons (Fsp3) is 0.930. The lowest BCUT2D eigenvalue weighted by Crippen LogP contribution is -2.46. The minimum Gasteiger partial charge on any atom is -0.393 e. The summed E-state index contributed by atoms with van der Waals surface area (Å²) in [7, 11) is -4.39. The predicted molar refractivity (Wildman–Crippen MR) is 223 cm³/mol. The zero-order chi connectivity index (χ0) is 39.1. The monoisotopic (exact) mass is 775 g/mol. The highest BCUT2D eigenvalue weighted by atomic mass is 31.2. The van der Waals surface area contributed by atoms with Crippen LogP contribution < -0.4 is 11.1 Å². The van der Waals surface area contributed by atoms with Crippen molar-refractivity contribution in [1.82, 2.24) is 5.32 Å². The second kappa shape index (κ2) is 39.4. The lowest BCUT2D eigenvalue weighted by molar-refractivity contribution is -0.124. The molecule has 1 amide bonds. The highest BCUT2D eigenvalue weighted by Crippen LogP contribution is 2.43. The van der Waals surface area contributed by atoms with Crippen molar-refractivity contribution in [2.75, 3.05) is 19.8 Å². The molecule has 4 unspecified atom stereocenters. The standard InChI is InChI=1S/C43H87N2O7P/c1-3-5-7-9-11-13-15-16-17-18-19-20-21-22-23-25-27-29-31-33-35-42(47)41(39-52-53(49,50)51-37-36-44)45-43(48)38-40(46)34-32-30-28-26-24-14-12-10-8-6-4-2/h33,35,40-42,46-47H,3-32,34,36-39,44H2,1-2H3,(H,45,48)(H,49,50)/b35-33+. The number of carbonyl (C=O) groups is 1. The summed E-state index contributed by atoms with van der Waals surface area (Å²) in [5.41, 5.74) is 5.36. The molecule has 0 radical (unpaired) electrons. The zero-order valence-electron chi connectivity index (χ0n) is 34.6. The van der Waals surface area contributed by atoms with Crippen molar-refractivity contribution >= 4 is 13.7 Å². The van der Waals surface area contributed by atoms with Crippen LogP contribution >= 0.6 is 7.82 Å². The third-order valence-electron chi connectivity index (χ3n) is 10.2. The van der Waals surface area contributed by atoms with Crippen molar-refractivity contribution in [1.29, 1.82) is 0 Å². The molecule has 0 spiro atoms. The molecule has 0 aliphatic carbocycles. The fourth-order valence-electron chi connectivity index (χ4n) is 6.77. The van der Waals surface area contributed by atoms with Gasteiger partial charge in [-0.2, -0.15) is 0 Å². The molecule has 53 heavy (non-hydrogen) atoms. The second-order valence-electron chi connectivity index (χ2n) is 15.5. The van der Waals surface area contributed by atoms with Gasteiger partial charge in [0.05, 0.1) is 37.9 Å². The molecular weight excluding hydrogens is 687 g/mol. The summed E-state index contributed by atoms with van der Waals surface area (Å²) in [5.74, 6) is -0.444. The number of allylic oxidation sites excluding steroid dienone is 1. The van der Waals surface area contributed by atoms with Gasteiger partial charge in [-0.25, -0.2) is 4.57 Å². The first-order valence-corrected chi connectivity index (χ1v) is 23.9. The number of carbonyl (C=O) groups excluding carboxylic acids is 1. The third-order valence-corrected chi connectivity index (χ3v) is 11.2. The van der Waals surface area contributed by atoms with E-state index < -0.39 is 38.6 Å². The van der Waals surface area contributed by atoms with Gasteiger partial charge in [0.25, 0.3) is 0 Å². The fourth-order valence-corrected chi connectivity index (χ4v) is 7.52. The summed E-state index contributed by atoms with van der Waals surface area (Å²) in [4.78, 5) is 22.7. The molecule has 9 nitrogen and oxygen atoms in total. The SMILES string of the molecule is CCCCCCCCCCCCCCCCCCCC/C=C/C(O)C(COP(=O)(O)OCCN)NC(=O)CC(O)CCCCCCCCCCCCC. The minimum absolute atomic E-state index is 0.0515. The number of aliphatic hydroxyl groups excluding tert-OH is 2. The molecule has 0 saturated heterocycles. The van der Waals surface area contributed by atoms with E-state index in [0.717, 1.165) is 38.5 Å². The number of hydrogen-bond acceptors (Lipinski definition) is 7. The van der Waals surface area contributed by atoms with Crippen LogP contribution in [0.2, 0.25) is 0 Å². The van der Waals surface area contributed by atoms with Crippen LogP contribution in [0.1, 0.15) is 219 Å². The Morgan fingerprint density at radius 3 is 1.45 bits per heavy atom. The first kappa shape index (κ1) is 52.2. The maximum absolute atomic E-state index is 12.8. The van der Waals surface area contributed by atoms with Gasteiger partial charge < -0.3 is 26.2 Å². The van der Waals surface area contributed by atoms with E-state index in [0.29, 0.717) is 6.42 Å². The summed E-state index contributed by atoms with van der Waals surface area (Å²) in [6.45, 7) is 3.98. The Morgan fingerprint density at radius 2 is 1.04 bits per heavy atom. The van der Waals surface area contributed by atoms with Gasteiger partial charge in [0.1, 0.15) is 0 Å². The zero-order valence-corrected chi connectivity index (χ0v) is 35.5. The molecule has 0 aromatic rings. The van der Waals surface area contributed by atoms with E-state index in [1.807, 2.05) is 6.08 Å². The van der Waals surface area contributed by atoms with E-state index in [4.69, 9.17) is 14.8 Å². The van der Waals surface area contributed by atoms with Gasteiger partial charge in [0.15, 0.2) is 0 Å². The van der Waals surface area contributed by atoms with Gasteiger partial charge in [-0.15, -0.1) is 0 Å². The van der Waals surface area contributed by atoms with Crippen LogP contribution in [0.5, 0.6) is 0 Å². The Labute approximate surface area is 327 Å². The lowest BCUT2D eigenvalue weighted by Gasteiger charge is -2.24. The highest BCUT2D eigenvalue weighted by Gasteiger charge is 2.27. The summed E-state index contributed by atoms with van der Waals surface area (Å²) < 4.78 is 22.1. The maximum Gasteiger partial charge on any atom is 0.472 e.